The van der Waals surface area contributed by atoms with Gasteiger partial charge in [-0.1, -0.05) is 12.1 Å². The third-order valence-electron chi connectivity index (χ3n) is 2.90. The van der Waals surface area contributed by atoms with Gasteiger partial charge in [0.25, 0.3) is 0 Å². The minimum Gasteiger partial charge on any atom is -0.379 e. The number of benzene rings is 1. The van der Waals surface area contributed by atoms with Crippen LogP contribution in [-0.2, 0) is 4.74 Å². The van der Waals surface area contributed by atoms with E-state index in [9.17, 15) is 4.79 Å². The minimum atomic E-state index is -0.299. The van der Waals surface area contributed by atoms with Crippen molar-refractivity contribution in [2.45, 2.75) is 19.4 Å². The van der Waals surface area contributed by atoms with Gasteiger partial charge in [0.05, 0.1) is 23.9 Å². The maximum Gasteiger partial charge on any atom is 0.319 e. The van der Waals surface area contributed by atoms with E-state index in [1.807, 2.05) is 19.1 Å². The number of carbonyl (C=O) groups excluding carboxylic acids is 1. The molecule has 1 aromatic carbocycles. The van der Waals surface area contributed by atoms with Crippen LogP contribution >= 0.6 is 0 Å². The number of hydrogen-bond donors (Lipinski definition) is 2. The summed E-state index contributed by atoms with van der Waals surface area (Å²) in [5.41, 5.74) is 1.88. The first kappa shape index (κ1) is 12.4. The van der Waals surface area contributed by atoms with Crippen LogP contribution in [0.1, 0.15) is 17.5 Å². The predicted molar refractivity (Wildman–Crippen MR) is 67.3 cm³/mol. The smallest absolute Gasteiger partial charge is 0.319 e. The molecule has 0 saturated carbocycles. The molecule has 0 radical (unpaired) electrons. The average molecular weight is 245 g/mol. The van der Waals surface area contributed by atoms with Crippen molar-refractivity contribution in [3.05, 3.63) is 29.3 Å². The predicted octanol–water partition coefficient (Wildman–Crippen LogP) is 1.78. The number of urea groups is 1. The van der Waals surface area contributed by atoms with E-state index in [0.29, 0.717) is 24.5 Å². The Labute approximate surface area is 106 Å². The van der Waals surface area contributed by atoms with E-state index in [1.165, 1.54) is 0 Å². The molecular formula is C13H15N3O2. The van der Waals surface area contributed by atoms with Gasteiger partial charge in [-0.25, -0.2) is 4.79 Å². The molecular weight excluding hydrogens is 230 g/mol. The number of hydrogen-bond acceptors (Lipinski definition) is 3. The van der Waals surface area contributed by atoms with Gasteiger partial charge >= 0.3 is 6.03 Å². The first-order valence-electron chi connectivity index (χ1n) is 5.85. The van der Waals surface area contributed by atoms with E-state index in [1.54, 1.807) is 6.07 Å². The molecule has 0 aromatic heterocycles. The Hall–Kier alpha value is -2.06. The maximum atomic E-state index is 11.8. The molecule has 1 unspecified atom stereocenters. The highest BCUT2D eigenvalue weighted by Crippen LogP contribution is 2.18. The molecule has 5 nitrogen and oxygen atoms in total. The second-order valence-electron chi connectivity index (χ2n) is 4.27. The number of anilines is 1. The van der Waals surface area contributed by atoms with Crippen LogP contribution in [0.15, 0.2) is 18.2 Å². The van der Waals surface area contributed by atoms with Crippen LogP contribution in [0.2, 0.25) is 0 Å². The Bertz CT molecular complexity index is 487. The van der Waals surface area contributed by atoms with Crippen LogP contribution in [0.4, 0.5) is 10.5 Å². The zero-order valence-electron chi connectivity index (χ0n) is 10.2. The first-order valence-corrected chi connectivity index (χ1v) is 5.85. The number of nitriles is 1. The fraction of sp³-hybridized carbons (Fsp3) is 0.385. The molecule has 2 rings (SSSR count). The van der Waals surface area contributed by atoms with Gasteiger partial charge in [0.2, 0.25) is 0 Å². The summed E-state index contributed by atoms with van der Waals surface area (Å²) in [7, 11) is 0. The van der Waals surface area contributed by atoms with Crippen LogP contribution in [0, 0.1) is 18.3 Å². The first-order chi connectivity index (χ1) is 8.70. The summed E-state index contributed by atoms with van der Waals surface area (Å²) >= 11 is 0. The van der Waals surface area contributed by atoms with Gasteiger partial charge in [0.1, 0.15) is 6.07 Å². The summed E-state index contributed by atoms with van der Waals surface area (Å²) in [5.74, 6) is 0. The topological polar surface area (TPSA) is 74.2 Å². The average Bonchev–Trinajstić information content (AvgIpc) is 2.82. The second kappa shape index (κ2) is 5.52. The van der Waals surface area contributed by atoms with Crippen molar-refractivity contribution in [1.29, 1.82) is 5.26 Å². The number of carbonyl (C=O) groups is 1. The molecule has 2 amide bonds. The van der Waals surface area contributed by atoms with Crippen molar-refractivity contribution in [2.24, 2.45) is 0 Å². The van der Waals surface area contributed by atoms with E-state index in [2.05, 4.69) is 16.7 Å². The number of amides is 2. The Morgan fingerprint density at radius 2 is 2.39 bits per heavy atom. The number of aryl methyl sites for hydroxylation is 1. The van der Waals surface area contributed by atoms with Crippen LogP contribution in [-0.4, -0.2) is 25.3 Å². The summed E-state index contributed by atoms with van der Waals surface area (Å²) in [6.45, 7) is 3.07. The molecule has 0 aliphatic carbocycles. The zero-order chi connectivity index (χ0) is 13.0. The Balaban J connectivity index is 2.02. The Kier molecular flexibility index (Phi) is 3.80. The van der Waals surface area contributed by atoms with E-state index in [0.717, 1.165) is 12.0 Å². The molecule has 5 heteroatoms. The highest BCUT2D eigenvalue weighted by Gasteiger charge is 2.18. The van der Waals surface area contributed by atoms with E-state index in [4.69, 9.17) is 10.00 Å². The lowest BCUT2D eigenvalue weighted by atomic mass is 10.1. The lowest BCUT2D eigenvalue weighted by Gasteiger charge is -2.13. The number of ether oxygens (including phenoxy) is 1. The van der Waals surface area contributed by atoms with Crippen LogP contribution in [0.5, 0.6) is 0 Å². The molecule has 18 heavy (non-hydrogen) atoms. The maximum absolute atomic E-state index is 11.8. The third-order valence-corrected chi connectivity index (χ3v) is 2.90. The van der Waals surface area contributed by atoms with E-state index in [-0.39, 0.29) is 12.1 Å². The lowest BCUT2D eigenvalue weighted by molar-refractivity contribution is 0.189. The monoisotopic (exact) mass is 245 g/mol. The Morgan fingerprint density at radius 1 is 1.56 bits per heavy atom. The third kappa shape index (κ3) is 2.79. The highest BCUT2D eigenvalue weighted by atomic mass is 16.5. The molecule has 0 spiro atoms. The van der Waals surface area contributed by atoms with Gasteiger partial charge in [-0.05, 0) is 25.0 Å². The summed E-state index contributed by atoms with van der Waals surface area (Å²) in [4.78, 5) is 11.8. The molecule has 2 N–H and O–H groups in total. The molecule has 1 heterocycles. The normalized spacial score (nSPS) is 18.1. The standard InChI is InChI=1S/C13H15N3O2/c1-9-3-2-4-12(11(9)7-14)16-13(17)15-10-5-6-18-8-10/h2-4,10H,5-6,8H2,1H3,(H2,15,16,17). The summed E-state index contributed by atoms with van der Waals surface area (Å²) in [5, 5.41) is 14.6. The van der Waals surface area contributed by atoms with Gasteiger partial charge in [0, 0.05) is 6.61 Å². The summed E-state index contributed by atoms with van der Waals surface area (Å²) in [6, 6.07) is 7.22. The van der Waals surface area contributed by atoms with Crippen molar-refractivity contribution in [3.8, 4) is 6.07 Å². The molecule has 1 saturated heterocycles. The molecule has 1 fully saturated rings. The van der Waals surface area contributed by atoms with Crippen LogP contribution < -0.4 is 10.6 Å². The highest BCUT2D eigenvalue weighted by molar-refractivity contribution is 5.91. The van der Waals surface area contributed by atoms with Gasteiger partial charge in [-0.2, -0.15) is 5.26 Å². The summed E-state index contributed by atoms with van der Waals surface area (Å²) in [6.07, 6.45) is 0.826. The van der Waals surface area contributed by atoms with Crippen molar-refractivity contribution in [2.75, 3.05) is 18.5 Å². The lowest BCUT2D eigenvalue weighted by Crippen LogP contribution is -2.38. The van der Waals surface area contributed by atoms with Crippen molar-refractivity contribution < 1.29 is 9.53 Å². The number of nitrogens with one attached hydrogen (secondary N) is 2. The Morgan fingerprint density at radius 3 is 3.06 bits per heavy atom. The fourth-order valence-corrected chi connectivity index (χ4v) is 1.91. The molecule has 1 aliphatic rings. The molecule has 1 aromatic rings. The molecule has 0 bridgehead atoms. The van der Waals surface area contributed by atoms with Gasteiger partial charge in [-0.3, -0.25) is 0 Å². The fourth-order valence-electron chi connectivity index (χ4n) is 1.91. The quantitative estimate of drug-likeness (QED) is 0.834. The van der Waals surface area contributed by atoms with Crippen molar-refractivity contribution >= 4 is 11.7 Å². The van der Waals surface area contributed by atoms with E-state index >= 15 is 0 Å². The largest absolute Gasteiger partial charge is 0.379 e. The molecule has 1 atom stereocenters. The van der Waals surface area contributed by atoms with Crippen molar-refractivity contribution in [1.82, 2.24) is 5.32 Å². The number of rotatable bonds is 2. The van der Waals surface area contributed by atoms with Crippen LogP contribution in [0.3, 0.4) is 0 Å². The van der Waals surface area contributed by atoms with Crippen LogP contribution in [0.25, 0.3) is 0 Å². The van der Waals surface area contributed by atoms with Gasteiger partial charge in [0.15, 0.2) is 0 Å². The van der Waals surface area contributed by atoms with Crippen molar-refractivity contribution in [3.63, 3.8) is 0 Å². The van der Waals surface area contributed by atoms with E-state index < -0.39 is 0 Å². The van der Waals surface area contributed by atoms with Gasteiger partial charge in [-0.15, -0.1) is 0 Å². The molecule has 94 valence electrons. The van der Waals surface area contributed by atoms with Gasteiger partial charge < -0.3 is 15.4 Å². The second-order valence-corrected chi connectivity index (χ2v) is 4.27. The zero-order valence-corrected chi connectivity index (χ0v) is 10.2. The summed E-state index contributed by atoms with van der Waals surface area (Å²) < 4.78 is 5.18. The molecule has 1 aliphatic heterocycles. The SMILES string of the molecule is Cc1cccc(NC(=O)NC2CCOC2)c1C#N. The number of nitrogens with zero attached hydrogens (tertiary/aromatic N) is 1. The minimum absolute atomic E-state index is 0.0559.